The van der Waals surface area contributed by atoms with Crippen LogP contribution in [-0.2, 0) is 29.4 Å². The Labute approximate surface area is 192 Å². The predicted molar refractivity (Wildman–Crippen MR) is 128 cm³/mol. The maximum absolute atomic E-state index is 13.3. The van der Waals surface area contributed by atoms with Crippen LogP contribution in [0.5, 0.6) is 0 Å². The number of ether oxygens (including phenoxy) is 1. The first-order valence-electron chi connectivity index (χ1n) is 12.4. The first-order valence-corrected chi connectivity index (χ1v) is 12.4. The molecule has 1 fully saturated rings. The minimum Gasteiger partial charge on any atom is -0.381 e. The Balaban J connectivity index is 1.59. The minimum atomic E-state index is -0.0408. The maximum Gasteiger partial charge on any atom is 0.254 e. The van der Waals surface area contributed by atoms with Gasteiger partial charge in [0.1, 0.15) is 0 Å². The highest BCUT2D eigenvalue weighted by atomic mass is 16.5. The second-order valence-corrected chi connectivity index (χ2v) is 10.1. The molecule has 0 bridgehead atoms. The zero-order valence-electron chi connectivity index (χ0n) is 20.2. The van der Waals surface area contributed by atoms with Gasteiger partial charge in [0.25, 0.3) is 5.91 Å². The van der Waals surface area contributed by atoms with E-state index in [0.29, 0.717) is 30.4 Å². The van der Waals surface area contributed by atoms with E-state index in [1.165, 1.54) is 41.4 Å². The zero-order valence-corrected chi connectivity index (χ0v) is 20.2. The Hall–Kier alpha value is -2.14. The maximum atomic E-state index is 13.3. The molecular formula is C27H38N2O3. The lowest BCUT2D eigenvalue weighted by Gasteiger charge is -2.33. The fourth-order valence-electron chi connectivity index (χ4n) is 5.77. The third-order valence-electron chi connectivity index (χ3n) is 7.51. The van der Waals surface area contributed by atoms with Gasteiger partial charge in [0.2, 0.25) is 0 Å². The number of aryl methyl sites for hydroxylation is 1. The summed E-state index contributed by atoms with van der Waals surface area (Å²) in [5, 5.41) is 1.22. The number of rotatable bonds is 7. The second-order valence-electron chi connectivity index (χ2n) is 10.1. The molecule has 0 N–H and O–H groups in total. The molecule has 1 saturated heterocycles. The van der Waals surface area contributed by atoms with Crippen LogP contribution in [0.2, 0.25) is 0 Å². The number of hydrogen-bond donors (Lipinski definition) is 0. The Bertz CT molecular complexity index is 984. The van der Waals surface area contributed by atoms with E-state index in [9.17, 15) is 9.59 Å². The molecule has 32 heavy (non-hydrogen) atoms. The average Bonchev–Trinajstić information content (AvgIpc) is 3.08. The largest absolute Gasteiger partial charge is 0.381 e. The fraction of sp³-hybridized carbons (Fsp3) is 0.630. The first-order chi connectivity index (χ1) is 15.4. The van der Waals surface area contributed by atoms with E-state index in [4.69, 9.17) is 4.74 Å². The van der Waals surface area contributed by atoms with Gasteiger partial charge < -0.3 is 14.2 Å². The average molecular weight is 439 g/mol. The summed E-state index contributed by atoms with van der Waals surface area (Å²) in [6, 6.07) is 6.11. The van der Waals surface area contributed by atoms with Gasteiger partial charge in [-0.3, -0.25) is 9.59 Å². The SMILES string of the molecule is CCN(CC(=O)CC(C)C)C(=O)c1ccc2c(c1)c1c(n2C)CCC(C2CCOCC2)C1. The number of fused-ring (bicyclic) bond motifs is 3. The van der Waals surface area contributed by atoms with Crippen molar-refractivity contribution in [2.24, 2.45) is 24.8 Å². The van der Waals surface area contributed by atoms with Crippen molar-refractivity contribution < 1.29 is 14.3 Å². The van der Waals surface area contributed by atoms with Crippen LogP contribution in [0.1, 0.15) is 68.1 Å². The lowest BCUT2D eigenvalue weighted by Crippen LogP contribution is -2.35. The first kappa shape index (κ1) is 23.0. The van der Waals surface area contributed by atoms with Gasteiger partial charge >= 0.3 is 0 Å². The summed E-state index contributed by atoms with van der Waals surface area (Å²) >= 11 is 0. The molecule has 5 nitrogen and oxygen atoms in total. The van der Waals surface area contributed by atoms with Gasteiger partial charge in [0.05, 0.1) is 6.54 Å². The minimum absolute atomic E-state index is 0.0408. The Morgan fingerprint density at radius 3 is 2.59 bits per heavy atom. The van der Waals surface area contributed by atoms with Gasteiger partial charge in [-0.25, -0.2) is 0 Å². The van der Waals surface area contributed by atoms with Crippen molar-refractivity contribution in [1.29, 1.82) is 0 Å². The highest BCUT2D eigenvalue weighted by Gasteiger charge is 2.31. The van der Waals surface area contributed by atoms with Crippen LogP contribution >= 0.6 is 0 Å². The van der Waals surface area contributed by atoms with Crippen molar-refractivity contribution in [2.75, 3.05) is 26.3 Å². The number of hydrogen-bond acceptors (Lipinski definition) is 3. The number of nitrogens with zero attached hydrogens (tertiary/aromatic N) is 2. The Kier molecular flexibility index (Phi) is 7.04. The van der Waals surface area contributed by atoms with Crippen molar-refractivity contribution in [1.82, 2.24) is 9.47 Å². The number of Topliss-reactive ketones (excluding diaryl/α,β-unsaturated/α-hetero) is 1. The summed E-state index contributed by atoms with van der Waals surface area (Å²) in [5.74, 6) is 1.86. The van der Waals surface area contributed by atoms with E-state index < -0.39 is 0 Å². The number of ketones is 1. The summed E-state index contributed by atoms with van der Waals surface area (Å²) in [5.41, 5.74) is 4.75. The van der Waals surface area contributed by atoms with Crippen LogP contribution in [0.15, 0.2) is 18.2 Å². The number of benzene rings is 1. The second kappa shape index (κ2) is 9.78. The van der Waals surface area contributed by atoms with Crippen molar-refractivity contribution >= 4 is 22.6 Å². The highest BCUT2D eigenvalue weighted by Crippen LogP contribution is 2.39. The molecule has 1 aromatic heterocycles. The molecule has 5 heteroatoms. The Morgan fingerprint density at radius 2 is 1.91 bits per heavy atom. The predicted octanol–water partition coefficient (Wildman–Crippen LogP) is 4.79. The molecule has 1 amide bonds. The molecule has 1 atom stereocenters. The molecule has 0 saturated carbocycles. The molecule has 1 aliphatic carbocycles. The molecular weight excluding hydrogens is 400 g/mol. The lowest BCUT2D eigenvalue weighted by molar-refractivity contribution is -0.120. The standard InChI is InChI=1S/C27H38N2O3/c1-5-29(17-22(30)14-18(2)3)27(31)21-7-9-26-24(16-21)23-15-20(6-8-25(23)28(26)4)19-10-12-32-13-11-19/h7,9,16,18-20H,5-6,8,10-15,17H2,1-4H3. The number of amides is 1. The van der Waals surface area contributed by atoms with Gasteiger partial charge in [-0.15, -0.1) is 0 Å². The number of carbonyl (C=O) groups is 2. The Morgan fingerprint density at radius 1 is 1.16 bits per heavy atom. The molecule has 2 aromatic rings. The molecule has 2 aliphatic rings. The molecule has 2 heterocycles. The summed E-state index contributed by atoms with van der Waals surface area (Å²) < 4.78 is 7.91. The summed E-state index contributed by atoms with van der Waals surface area (Å²) in [6.45, 7) is 8.55. The van der Waals surface area contributed by atoms with Gasteiger partial charge in [-0.2, -0.15) is 0 Å². The van der Waals surface area contributed by atoms with E-state index in [2.05, 4.69) is 23.7 Å². The van der Waals surface area contributed by atoms with Gasteiger partial charge in [-0.1, -0.05) is 13.8 Å². The van der Waals surface area contributed by atoms with Gasteiger partial charge in [0.15, 0.2) is 5.78 Å². The van der Waals surface area contributed by atoms with Crippen LogP contribution in [0.3, 0.4) is 0 Å². The number of carbonyl (C=O) groups excluding carboxylic acids is 2. The summed E-state index contributed by atoms with van der Waals surface area (Å²) in [7, 11) is 2.15. The number of likely N-dealkylation sites (N-methyl/N-ethyl adjacent to an activating group) is 1. The lowest BCUT2D eigenvalue weighted by atomic mass is 9.75. The normalized spacial score (nSPS) is 19.3. The molecule has 174 valence electrons. The van der Waals surface area contributed by atoms with E-state index in [0.717, 1.165) is 32.0 Å². The number of aromatic nitrogens is 1. The molecule has 1 aliphatic heterocycles. The zero-order chi connectivity index (χ0) is 22.8. The molecule has 1 aromatic carbocycles. The quantitative estimate of drug-likeness (QED) is 0.625. The molecule has 0 radical (unpaired) electrons. The molecule has 1 unspecified atom stereocenters. The van der Waals surface area contributed by atoms with Crippen LogP contribution in [0.4, 0.5) is 0 Å². The van der Waals surface area contributed by atoms with Crippen LogP contribution in [0.25, 0.3) is 10.9 Å². The van der Waals surface area contributed by atoms with E-state index >= 15 is 0 Å². The van der Waals surface area contributed by atoms with Crippen molar-refractivity contribution in [3.63, 3.8) is 0 Å². The fourth-order valence-corrected chi connectivity index (χ4v) is 5.77. The summed E-state index contributed by atoms with van der Waals surface area (Å²) in [4.78, 5) is 27.3. The molecule has 0 spiro atoms. The monoisotopic (exact) mass is 438 g/mol. The topological polar surface area (TPSA) is 51.5 Å². The third-order valence-corrected chi connectivity index (χ3v) is 7.51. The van der Waals surface area contributed by atoms with Crippen molar-refractivity contribution in [3.8, 4) is 0 Å². The smallest absolute Gasteiger partial charge is 0.254 e. The van der Waals surface area contributed by atoms with Gasteiger partial charge in [-0.05, 0) is 80.5 Å². The van der Waals surface area contributed by atoms with Gasteiger partial charge in [0, 0.05) is 55.4 Å². The van der Waals surface area contributed by atoms with Crippen molar-refractivity contribution in [2.45, 2.75) is 59.3 Å². The van der Waals surface area contributed by atoms with E-state index in [-0.39, 0.29) is 18.2 Å². The van der Waals surface area contributed by atoms with Crippen LogP contribution in [-0.4, -0.2) is 47.5 Å². The van der Waals surface area contributed by atoms with E-state index in [1.54, 1.807) is 4.90 Å². The highest BCUT2D eigenvalue weighted by molar-refractivity contribution is 6.00. The van der Waals surface area contributed by atoms with Crippen LogP contribution in [0, 0.1) is 17.8 Å². The molecule has 4 rings (SSSR count). The van der Waals surface area contributed by atoms with Crippen molar-refractivity contribution in [3.05, 3.63) is 35.0 Å². The van der Waals surface area contributed by atoms with E-state index in [1.807, 2.05) is 26.8 Å². The summed E-state index contributed by atoms with van der Waals surface area (Å²) in [6.07, 6.45) is 6.31. The third kappa shape index (κ3) is 4.63. The van der Waals surface area contributed by atoms with Crippen LogP contribution < -0.4 is 0 Å².